The summed E-state index contributed by atoms with van der Waals surface area (Å²) in [5, 5.41) is 2.54. The molecule has 0 aromatic heterocycles. The molecule has 0 aliphatic carbocycles. The lowest BCUT2D eigenvalue weighted by Crippen LogP contribution is -2.38. The number of nitrogens with one attached hydrogen (secondary N) is 1. The third-order valence-corrected chi connectivity index (χ3v) is 3.86. The predicted octanol–water partition coefficient (Wildman–Crippen LogP) is 1.65. The number of esters is 1. The van der Waals surface area contributed by atoms with E-state index in [4.69, 9.17) is 10.5 Å². The first kappa shape index (κ1) is 19.0. The van der Waals surface area contributed by atoms with Crippen LogP contribution in [0.5, 0.6) is 0 Å². The summed E-state index contributed by atoms with van der Waals surface area (Å²) >= 11 is 0. The van der Waals surface area contributed by atoms with Crippen molar-refractivity contribution < 1.29 is 19.1 Å². The molecule has 0 aliphatic rings. The van der Waals surface area contributed by atoms with Gasteiger partial charge in [0.15, 0.2) is 6.04 Å². The van der Waals surface area contributed by atoms with Crippen molar-refractivity contribution >= 4 is 29.2 Å². The normalized spacial score (nSPS) is 11.3. The van der Waals surface area contributed by atoms with E-state index in [9.17, 15) is 14.4 Å². The summed E-state index contributed by atoms with van der Waals surface area (Å²) in [6.07, 6.45) is -0.425. The molecule has 0 aliphatic heterocycles. The topological polar surface area (TPSA) is 102 Å². The SMILES string of the molecule is COC(=O)C(NC(=O)CC(=O)N(C)c1ccccc1N)c1ccccc1. The van der Waals surface area contributed by atoms with Crippen LogP contribution in [0.3, 0.4) is 0 Å². The average molecular weight is 355 g/mol. The van der Waals surface area contributed by atoms with Gasteiger partial charge in [0.1, 0.15) is 6.42 Å². The van der Waals surface area contributed by atoms with Crippen LogP contribution in [0.4, 0.5) is 11.4 Å². The number of anilines is 2. The molecule has 7 nitrogen and oxygen atoms in total. The molecule has 0 saturated carbocycles. The summed E-state index contributed by atoms with van der Waals surface area (Å²) in [7, 11) is 2.78. The van der Waals surface area contributed by atoms with Gasteiger partial charge >= 0.3 is 5.97 Å². The molecule has 2 amide bonds. The Kier molecular flexibility index (Phi) is 6.32. The van der Waals surface area contributed by atoms with Gasteiger partial charge in [0.25, 0.3) is 0 Å². The number of hydrogen-bond donors (Lipinski definition) is 2. The monoisotopic (exact) mass is 355 g/mol. The summed E-state index contributed by atoms with van der Waals surface area (Å²) in [6.45, 7) is 0. The highest BCUT2D eigenvalue weighted by molar-refractivity contribution is 6.06. The molecule has 0 fully saturated rings. The minimum absolute atomic E-state index is 0.425. The fourth-order valence-corrected chi connectivity index (χ4v) is 2.44. The number of methoxy groups -OCH3 is 1. The van der Waals surface area contributed by atoms with Crippen molar-refractivity contribution in [2.45, 2.75) is 12.5 Å². The van der Waals surface area contributed by atoms with Crippen LogP contribution < -0.4 is 16.0 Å². The Balaban J connectivity index is 2.07. The molecule has 0 spiro atoms. The highest BCUT2D eigenvalue weighted by atomic mass is 16.5. The van der Waals surface area contributed by atoms with E-state index in [0.717, 1.165) is 0 Å². The van der Waals surface area contributed by atoms with Crippen LogP contribution in [-0.4, -0.2) is 31.9 Å². The highest BCUT2D eigenvalue weighted by Crippen LogP contribution is 2.21. The van der Waals surface area contributed by atoms with Crippen molar-refractivity contribution in [1.29, 1.82) is 0 Å². The van der Waals surface area contributed by atoms with E-state index < -0.39 is 30.2 Å². The number of ether oxygens (including phenoxy) is 1. The molecule has 0 heterocycles. The maximum atomic E-state index is 12.4. The van der Waals surface area contributed by atoms with Crippen LogP contribution >= 0.6 is 0 Å². The number of nitrogens with zero attached hydrogens (tertiary/aromatic N) is 1. The Hall–Kier alpha value is -3.35. The first-order valence-corrected chi connectivity index (χ1v) is 7.97. The fourth-order valence-electron chi connectivity index (χ4n) is 2.44. The zero-order chi connectivity index (χ0) is 19.1. The summed E-state index contributed by atoms with van der Waals surface area (Å²) in [6, 6.07) is 14.6. The Morgan fingerprint density at radius 1 is 1.08 bits per heavy atom. The van der Waals surface area contributed by atoms with Crippen LogP contribution in [-0.2, 0) is 19.1 Å². The van der Waals surface area contributed by atoms with Crippen LogP contribution in [0.1, 0.15) is 18.0 Å². The van der Waals surface area contributed by atoms with E-state index in [0.29, 0.717) is 16.9 Å². The smallest absolute Gasteiger partial charge is 0.333 e. The van der Waals surface area contributed by atoms with Crippen molar-refractivity contribution in [2.24, 2.45) is 0 Å². The Bertz CT molecular complexity index is 792. The van der Waals surface area contributed by atoms with Gasteiger partial charge in [0.2, 0.25) is 11.8 Å². The Morgan fingerprint density at radius 3 is 2.31 bits per heavy atom. The summed E-state index contributed by atoms with van der Waals surface area (Å²) in [5.41, 5.74) is 7.36. The first-order chi connectivity index (χ1) is 12.4. The van der Waals surface area contributed by atoms with Crippen LogP contribution in [0, 0.1) is 0 Å². The molecule has 1 unspecified atom stereocenters. The number of nitrogens with two attached hydrogens (primary N) is 1. The highest BCUT2D eigenvalue weighted by Gasteiger charge is 2.25. The van der Waals surface area contributed by atoms with E-state index in [-0.39, 0.29) is 0 Å². The van der Waals surface area contributed by atoms with Gasteiger partial charge in [-0.1, -0.05) is 42.5 Å². The van der Waals surface area contributed by atoms with Crippen molar-refractivity contribution in [3.8, 4) is 0 Å². The van der Waals surface area contributed by atoms with Gasteiger partial charge in [0.05, 0.1) is 18.5 Å². The molecule has 0 bridgehead atoms. The second-order valence-electron chi connectivity index (χ2n) is 5.62. The fraction of sp³-hybridized carbons (Fsp3) is 0.211. The standard InChI is InChI=1S/C19H21N3O4/c1-22(15-11-7-6-10-14(15)20)17(24)12-16(23)21-18(19(25)26-2)13-8-4-3-5-9-13/h3-11,18H,12,20H2,1-2H3,(H,21,23). The van der Waals surface area contributed by atoms with E-state index in [1.165, 1.54) is 19.1 Å². The van der Waals surface area contributed by atoms with Gasteiger partial charge in [-0.05, 0) is 17.7 Å². The van der Waals surface area contributed by atoms with Crippen LogP contribution in [0.25, 0.3) is 0 Å². The third-order valence-electron chi connectivity index (χ3n) is 3.86. The summed E-state index contributed by atoms with van der Waals surface area (Å²) in [4.78, 5) is 37.9. The molecule has 0 saturated heterocycles. The minimum atomic E-state index is -0.978. The maximum absolute atomic E-state index is 12.4. The Morgan fingerprint density at radius 2 is 1.69 bits per heavy atom. The summed E-state index contributed by atoms with van der Waals surface area (Å²) < 4.78 is 4.74. The van der Waals surface area contributed by atoms with Gasteiger partial charge in [-0.2, -0.15) is 0 Å². The zero-order valence-electron chi connectivity index (χ0n) is 14.6. The third kappa shape index (κ3) is 4.60. The van der Waals surface area contributed by atoms with Crippen molar-refractivity contribution in [3.05, 3.63) is 60.2 Å². The molecular weight excluding hydrogens is 334 g/mol. The quantitative estimate of drug-likeness (QED) is 0.466. The van der Waals surface area contributed by atoms with Gasteiger partial charge in [-0.25, -0.2) is 4.79 Å². The number of para-hydroxylation sites is 2. The minimum Gasteiger partial charge on any atom is -0.467 e. The lowest BCUT2D eigenvalue weighted by Gasteiger charge is -2.20. The molecule has 136 valence electrons. The van der Waals surface area contributed by atoms with Crippen molar-refractivity contribution in [3.63, 3.8) is 0 Å². The predicted molar refractivity (Wildman–Crippen MR) is 98.2 cm³/mol. The molecule has 2 aromatic rings. The number of rotatable bonds is 6. The number of hydrogen-bond acceptors (Lipinski definition) is 5. The Labute approximate surface area is 151 Å². The first-order valence-electron chi connectivity index (χ1n) is 7.97. The zero-order valence-corrected chi connectivity index (χ0v) is 14.6. The molecule has 7 heteroatoms. The number of amides is 2. The second-order valence-corrected chi connectivity index (χ2v) is 5.62. The molecule has 0 radical (unpaired) electrons. The largest absolute Gasteiger partial charge is 0.467 e. The molecule has 2 rings (SSSR count). The average Bonchev–Trinajstić information content (AvgIpc) is 2.66. The van der Waals surface area contributed by atoms with Gasteiger partial charge in [0, 0.05) is 7.05 Å². The van der Waals surface area contributed by atoms with E-state index in [2.05, 4.69) is 5.32 Å². The number of carbonyl (C=O) groups is 3. The van der Waals surface area contributed by atoms with Crippen molar-refractivity contribution in [1.82, 2.24) is 5.32 Å². The molecule has 26 heavy (non-hydrogen) atoms. The van der Waals surface area contributed by atoms with E-state index in [1.807, 2.05) is 0 Å². The summed E-state index contributed by atoms with van der Waals surface area (Å²) in [5.74, 6) is -1.65. The lowest BCUT2D eigenvalue weighted by molar-refractivity contribution is -0.145. The van der Waals surface area contributed by atoms with Gasteiger partial charge in [-0.3, -0.25) is 9.59 Å². The van der Waals surface area contributed by atoms with Crippen LogP contribution in [0.2, 0.25) is 0 Å². The molecule has 1 atom stereocenters. The lowest BCUT2D eigenvalue weighted by atomic mass is 10.1. The van der Waals surface area contributed by atoms with E-state index >= 15 is 0 Å². The second kappa shape index (κ2) is 8.66. The molecular formula is C19H21N3O4. The number of nitrogen functional groups attached to an aromatic ring is 1. The molecule has 3 N–H and O–H groups in total. The number of benzene rings is 2. The van der Waals surface area contributed by atoms with Crippen LogP contribution in [0.15, 0.2) is 54.6 Å². The van der Waals surface area contributed by atoms with Crippen molar-refractivity contribution in [2.75, 3.05) is 24.8 Å². The van der Waals surface area contributed by atoms with Gasteiger partial charge in [-0.15, -0.1) is 0 Å². The maximum Gasteiger partial charge on any atom is 0.333 e. The molecule has 2 aromatic carbocycles. The van der Waals surface area contributed by atoms with Gasteiger partial charge < -0.3 is 20.7 Å². The number of carbonyl (C=O) groups excluding carboxylic acids is 3. The van der Waals surface area contributed by atoms with E-state index in [1.54, 1.807) is 54.6 Å².